The summed E-state index contributed by atoms with van der Waals surface area (Å²) >= 11 is 0. The van der Waals surface area contributed by atoms with Crippen molar-refractivity contribution in [3.05, 3.63) is 230 Å². The van der Waals surface area contributed by atoms with Crippen LogP contribution >= 0.6 is 0 Å². The van der Waals surface area contributed by atoms with E-state index in [0.29, 0.717) is 11.0 Å². The van der Waals surface area contributed by atoms with Crippen molar-refractivity contribution < 1.29 is 13.7 Å². The first-order valence-electron chi connectivity index (χ1n) is 23.4. The number of fused-ring (bicyclic) bond motifs is 3. The number of rotatable bonds is 8. The summed E-state index contributed by atoms with van der Waals surface area (Å²) < 4.78 is 90.0. The van der Waals surface area contributed by atoms with Crippen molar-refractivity contribution >= 4 is 38.9 Å². The molecule has 0 amide bonds. The minimum Gasteiger partial charge on any atom is -0.310 e. The van der Waals surface area contributed by atoms with Gasteiger partial charge in [0.1, 0.15) is 0 Å². The van der Waals surface area contributed by atoms with Crippen molar-refractivity contribution in [2.75, 3.05) is 4.90 Å². The largest absolute Gasteiger partial charge is 0.310 e. The molecule has 0 aliphatic heterocycles. The molecule has 2 heteroatoms. The summed E-state index contributed by atoms with van der Waals surface area (Å²) in [6.45, 7) is 0. The van der Waals surface area contributed by atoms with Gasteiger partial charge in [0.25, 0.3) is 0 Å². The first-order valence-corrected chi connectivity index (χ1v) is 18.4. The Kier molecular flexibility index (Phi) is 6.21. The van der Waals surface area contributed by atoms with E-state index < -0.39 is 60.4 Å². The molecule has 0 saturated carbocycles. The van der Waals surface area contributed by atoms with Crippen LogP contribution < -0.4 is 4.90 Å². The fraction of sp³-hybridized carbons (Fsp3) is 0. The van der Waals surface area contributed by atoms with Crippen LogP contribution in [0.4, 0.5) is 17.1 Å². The van der Waals surface area contributed by atoms with Crippen LogP contribution in [0.2, 0.25) is 0 Å². The third-order valence-corrected chi connectivity index (χ3v) is 10.2. The number of anilines is 3. The number of aromatic nitrogens is 1. The second-order valence-corrected chi connectivity index (χ2v) is 13.4. The van der Waals surface area contributed by atoms with E-state index in [1.54, 1.807) is 18.2 Å². The molecule has 1 aromatic heterocycles. The van der Waals surface area contributed by atoms with Crippen molar-refractivity contribution in [2.24, 2.45) is 0 Å². The van der Waals surface area contributed by atoms with Gasteiger partial charge < -0.3 is 9.47 Å². The molecule has 1 heterocycles. The van der Waals surface area contributed by atoms with Gasteiger partial charge in [0.2, 0.25) is 0 Å². The number of nitrogens with zero attached hydrogens (tertiary/aromatic N) is 2. The Morgan fingerprint density at radius 1 is 0.339 bits per heavy atom. The maximum Gasteiger partial charge on any atom is 0.0629 e. The predicted octanol–water partition coefficient (Wildman–Crippen LogP) is 14.9. The Bertz CT molecular complexity index is 3290. The Labute approximate surface area is 341 Å². The molecule has 10 rings (SSSR count). The van der Waals surface area contributed by atoms with E-state index in [1.165, 1.54) is 0 Å². The molecule has 0 aliphatic rings. The highest BCUT2D eigenvalue weighted by molar-refractivity contribution is 6.11. The Balaban J connectivity index is 1.29. The smallest absolute Gasteiger partial charge is 0.0629 e. The lowest BCUT2D eigenvalue weighted by atomic mass is 9.95. The van der Waals surface area contributed by atoms with E-state index in [9.17, 15) is 0 Å². The van der Waals surface area contributed by atoms with Gasteiger partial charge in [-0.15, -0.1) is 0 Å². The molecule has 9 aromatic carbocycles. The van der Waals surface area contributed by atoms with Crippen LogP contribution in [-0.2, 0) is 0 Å². The molecule has 0 atom stereocenters. The van der Waals surface area contributed by atoms with E-state index >= 15 is 0 Å². The summed E-state index contributed by atoms with van der Waals surface area (Å²) in [6, 6.07) is 50.8. The molecular formula is C54H38N2. The van der Waals surface area contributed by atoms with Gasteiger partial charge in [-0.1, -0.05) is 188 Å². The van der Waals surface area contributed by atoms with Crippen LogP contribution in [0.15, 0.2) is 230 Å². The molecule has 2 nitrogen and oxygen atoms in total. The van der Waals surface area contributed by atoms with Crippen LogP contribution in [0.25, 0.3) is 72.0 Å². The van der Waals surface area contributed by atoms with Gasteiger partial charge in [-0.05, 0) is 75.8 Å². The van der Waals surface area contributed by atoms with Crippen LogP contribution in [0, 0.1) is 0 Å². The monoisotopic (exact) mass is 724 g/mol. The quantitative estimate of drug-likeness (QED) is 0.151. The molecule has 264 valence electrons. The van der Waals surface area contributed by atoms with Gasteiger partial charge in [-0.25, -0.2) is 0 Å². The zero-order valence-electron chi connectivity index (χ0n) is 40.1. The maximum atomic E-state index is 9.15. The summed E-state index contributed by atoms with van der Waals surface area (Å²) in [5.74, 6) is 0. The Morgan fingerprint density at radius 2 is 0.786 bits per heavy atom. The van der Waals surface area contributed by atoms with E-state index in [1.807, 2.05) is 83.4 Å². The molecule has 0 bridgehead atoms. The molecule has 0 spiro atoms. The topological polar surface area (TPSA) is 8.17 Å². The zero-order chi connectivity index (χ0) is 46.0. The first kappa shape index (κ1) is 24.1. The maximum absolute atomic E-state index is 9.15. The number of para-hydroxylation sites is 2. The standard InChI is InChI=1S/C54H38N2/c1-5-16-39(17-6-1)41-28-32-45(33-29-41)55(46-34-30-42(31-35-46)40-18-7-2-8-19-40)47-36-37-51-50-24-13-14-27-52(50)56(53(51)38-47)54-48(43-20-9-3-10-21-43)25-15-26-49(54)44-22-11-4-12-23-44/h1-38H/i3D,4D,9D,10D,11D,12D,20D,21D,22D,23D. The van der Waals surface area contributed by atoms with Crippen molar-refractivity contribution in [1.82, 2.24) is 4.57 Å². The second-order valence-electron chi connectivity index (χ2n) is 13.4. The van der Waals surface area contributed by atoms with Gasteiger partial charge in [0, 0.05) is 39.0 Å². The van der Waals surface area contributed by atoms with Gasteiger partial charge in [0.05, 0.1) is 30.4 Å². The lowest BCUT2D eigenvalue weighted by Gasteiger charge is -2.26. The molecule has 0 saturated heterocycles. The van der Waals surface area contributed by atoms with Crippen molar-refractivity contribution in [2.45, 2.75) is 0 Å². The van der Waals surface area contributed by atoms with Crippen molar-refractivity contribution in [3.63, 3.8) is 0 Å². The van der Waals surface area contributed by atoms with Crippen LogP contribution in [0.1, 0.15) is 13.7 Å². The minimum atomic E-state index is -0.549. The van der Waals surface area contributed by atoms with Crippen molar-refractivity contribution in [3.8, 4) is 50.2 Å². The van der Waals surface area contributed by atoms with Crippen molar-refractivity contribution in [1.29, 1.82) is 0 Å². The molecule has 0 N–H and O–H groups in total. The highest BCUT2D eigenvalue weighted by atomic mass is 15.1. The zero-order valence-corrected chi connectivity index (χ0v) is 30.1. The van der Waals surface area contributed by atoms with E-state index in [4.69, 9.17) is 13.7 Å². The number of benzene rings is 9. The normalized spacial score (nSPS) is 13.7. The highest BCUT2D eigenvalue weighted by Crippen LogP contribution is 2.44. The van der Waals surface area contributed by atoms with Gasteiger partial charge in [0.15, 0.2) is 0 Å². The van der Waals surface area contributed by atoms with Crippen LogP contribution in [0.5, 0.6) is 0 Å². The Morgan fingerprint density at radius 3 is 1.32 bits per heavy atom. The van der Waals surface area contributed by atoms with E-state index in [0.717, 1.165) is 50.1 Å². The third kappa shape index (κ3) is 6.04. The Hall–Kier alpha value is -7.42. The molecular weight excluding hydrogens is 677 g/mol. The summed E-state index contributed by atoms with van der Waals surface area (Å²) in [7, 11) is 0. The second kappa shape index (κ2) is 14.4. The molecule has 10 aromatic rings. The first-order chi connectivity index (χ1) is 31.9. The minimum absolute atomic E-state index is 0.0917. The molecule has 0 fully saturated rings. The van der Waals surface area contributed by atoms with Gasteiger partial charge in [-0.3, -0.25) is 0 Å². The number of hydrogen-bond donors (Lipinski definition) is 0. The van der Waals surface area contributed by atoms with E-state index in [-0.39, 0.29) is 27.9 Å². The molecule has 0 aliphatic carbocycles. The highest BCUT2D eigenvalue weighted by Gasteiger charge is 2.22. The lowest BCUT2D eigenvalue weighted by molar-refractivity contribution is 1.18. The average molecular weight is 725 g/mol. The third-order valence-electron chi connectivity index (χ3n) is 10.2. The van der Waals surface area contributed by atoms with Crippen LogP contribution in [-0.4, -0.2) is 4.57 Å². The van der Waals surface area contributed by atoms with Crippen LogP contribution in [0.3, 0.4) is 0 Å². The fourth-order valence-corrected chi connectivity index (χ4v) is 7.61. The predicted molar refractivity (Wildman–Crippen MR) is 237 cm³/mol. The molecule has 56 heavy (non-hydrogen) atoms. The summed E-state index contributed by atoms with van der Waals surface area (Å²) in [6.07, 6.45) is 0. The number of hydrogen-bond acceptors (Lipinski definition) is 1. The average Bonchev–Trinajstić information content (AvgIpc) is 3.68. The SMILES string of the molecule is [2H]c1c([2H])c([2H])c(-c2cccc(-c3c([2H])c([2H])c([2H])c([2H])c3[2H])c2-n2c3ccccc3c3ccc(N(c4ccc(-c5ccccc5)cc4)c4ccc(-c5ccccc5)cc4)cc32)c([2H])c1[2H]. The molecule has 0 radical (unpaired) electrons. The summed E-state index contributed by atoms with van der Waals surface area (Å²) in [4.78, 5) is 2.16. The van der Waals surface area contributed by atoms with Gasteiger partial charge >= 0.3 is 0 Å². The molecule has 0 unspecified atom stereocenters. The van der Waals surface area contributed by atoms with Gasteiger partial charge in [-0.2, -0.15) is 0 Å². The summed E-state index contributed by atoms with van der Waals surface area (Å²) in [5, 5.41) is 1.67. The van der Waals surface area contributed by atoms with E-state index in [2.05, 4.69) is 77.7 Å². The lowest BCUT2D eigenvalue weighted by Crippen LogP contribution is -2.10. The fourth-order valence-electron chi connectivity index (χ4n) is 7.61. The summed E-state index contributed by atoms with van der Waals surface area (Å²) in [5.41, 5.74) is 8.69.